The molecule has 2 aliphatic heterocycles. The van der Waals surface area contributed by atoms with Gasteiger partial charge in [-0.3, -0.25) is 14.6 Å². The van der Waals surface area contributed by atoms with Crippen molar-refractivity contribution in [1.29, 1.82) is 0 Å². The van der Waals surface area contributed by atoms with Crippen molar-refractivity contribution < 1.29 is 14.3 Å². The summed E-state index contributed by atoms with van der Waals surface area (Å²) >= 11 is 0. The second kappa shape index (κ2) is 9.90. The molecule has 164 valence electrons. The highest BCUT2D eigenvalue weighted by atomic mass is 16.5. The monoisotopic (exact) mass is 413 g/mol. The zero-order chi connectivity index (χ0) is 20.8. The molecule has 2 saturated heterocycles. The van der Waals surface area contributed by atoms with Gasteiger partial charge in [0.25, 0.3) is 5.91 Å². The zero-order valence-electron chi connectivity index (χ0n) is 18.0. The maximum Gasteiger partial charge on any atom is 0.251 e. The van der Waals surface area contributed by atoms with Gasteiger partial charge in [-0.15, -0.1) is 0 Å². The van der Waals surface area contributed by atoms with Crippen LogP contribution in [-0.4, -0.2) is 53.5 Å². The molecule has 1 N–H and O–H groups in total. The van der Waals surface area contributed by atoms with E-state index in [4.69, 9.17) is 4.74 Å². The van der Waals surface area contributed by atoms with Gasteiger partial charge in [0.1, 0.15) is 0 Å². The van der Waals surface area contributed by atoms with Crippen molar-refractivity contribution in [3.63, 3.8) is 0 Å². The molecule has 1 unspecified atom stereocenters. The molecule has 0 aromatic carbocycles. The molecule has 1 saturated carbocycles. The Balaban J connectivity index is 1.22. The van der Waals surface area contributed by atoms with Crippen LogP contribution in [0.15, 0.2) is 24.5 Å². The highest BCUT2D eigenvalue weighted by Gasteiger charge is 2.41. The lowest BCUT2D eigenvalue weighted by molar-refractivity contribution is -0.151. The summed E-state index contributed by atoms with van der Waals surface area (Å²) in [6, 6.07) is 3.47. The van der Waals surface area contributed by atoms with Crippen molar-refractivity contribution in [2.24, 2.45) is 11.8 Å². The van der Waals surface area contributed by atoms with Gasteiger partial charge in [0.2, 0.25) is 5.91 Å². The first kappa shape index (κ1) is 21.3. The van der Waals surface area contributed by atoms with Crippen molar-refractivity contribution in [3.8, 4) is 0 Å². The van der Waals surface area contributed by atoms with E-state index in [9.17, 15) is 9.59 Å². The molecular formula is C24H35N3O3. The minimum atomic E-state index is -0.0681. The maximum atomic E-state index is 12.9. The van der Waals surface area contributed by atoms with Gasteiger partial charge in [-0.05, 0) is 63.0 Å². The first-order valence-corrected chi connectivity index (χ1v) is 11.8. The van der Waals surface area contributed by atoms with E-state index in [-0.39, 0.29) is 17.4 Å². The molecule has 2 amide bonds. The highest BCUT2D eigenvalue weighted by molar-refractivity contribution is 5.93. The van der Waals surface area contributed by atoms with Crippen molar-refractivity contribution >= 4 is 11.8 Å². The molecule has 6 heteroatoms. The Morgan fingerprint density at radius 3 is 2.57 bits per heavy atom. The van der Waals surface area contributed by atoms with Gasteiger partial charge in [-0.2, -0.15) is 0 Å². The number of aromatic nitrogens is 1. The van der Waals surface area contributed by atoms with Gasteiger partial charge in [0.15, 0.2) is 0 Å². The molecule has 0 radical (unpaired) electrons. The molecule has 3 heterocycles. The van der Waals surface area contributed by atoms with Crippen LogP contribution in [0.2, 0.25) is 0 Å². The number of carbonyl (C=O) groups excluding carboxylic acids is 2. The SMILES string of the molecule is O=C(NCCC1CCOC2(CCN(C(=O)C3CCCCC3)CC2)C1)c1ccncc1. The average Bonchev–Trinajstić information content (AvgIpc) is 2.80. The van der Waals surface area contributed by atoms with Crippen LogP contribution in [-0.2, 0) is 9.53 Å². The third kappa shape index (κ3) is 5.20. The first-order chi connectivity index (χ1) is 14.7. The summed E-state index contributed by atoms with van der Waals surface area (Å²) < 4.78 is 6.27. The van der Waals surface area contributed by atoms with E-state index in [0.29, 0.717) is 23.9 Å². The van der Waals surface area contributed by atoms with Crippen LogP contribution in [0, 0.1) is 11.8 Å². The minimum absolute atomic E-state index is 0.0336. The molecular weight excluding hydrogens is 378 g/mol. The van der Waals surface area contributed by atoms with E-state index in [1.54, 1.807) is 24.5 Å². The topological polar surface area (TPSA) is 71.5 Å². The van der Waals surface area contributed by atoms with Crippen LogP contribution in [0.5, 0.6) is 0 Å². The molecule has 1 atom stereocenters. The lowest BCUT2D eigenvalue weighted by atomic mass is 9.78. The molecule has 30 heavy (non-hydrogen) atoms. The van der Waals surface area contributed by atoms with Gasteiger partial charge in [0, 0.05) is 50.1 Å². The summed E-state index contributed by atoms with van der Waals surface area (Å²) in [5.41, 5.74) is 0.588. The molecule has 1 spiro atoms. The fourth-order valence-corrected chi connectivity index (χ4v) is 5.46. The molecule has 3 fully saturated rings. The van der Waals surface area contributed by atoms with Crippen molar-refractivity contribution in [3.05, 3.63) is 30.1 Å². The van der Waals surface area contributed by atoms with Crippen molar-refractivity contribution in [2.75, 3.05) is 26.2 Å². The summed E-state index contributed by atoms with van der Waals surface area (Å²) in [4.78, 5) is 31.1. The summed E-state index contributed by atoms with van der Waals surface area (Å²) in [7, 11) is 0. The Kier molecular flexibility index (Phi) is 7.03. The number of likely N-dealkylation sites (tertiary alicyclic amines) is 1. The number of rotatable bonds is 5. The number of pyridine rings is 1. The Labute approximate surface area is 179 Å². The van der Waals surface area contributed by atoms with E-state index in [1.165, 1.54) is 19.3 Å². The third-order valence-corrected chi connectivity index (χ3v) is 7.32. The second-order valence-electron chi connectivity index (χ2n) is 9.33. The summed E-state index contributed by atoms with van der Waals surface area (Å²) in [5.74, 6) is 1.18. The van der Waals surface area contributed by atoms with Crippen molar-refractivity contribution in [2.45, 2.75) is 69.8 Å². The Bertz CT molecular complexity index is 710. The van der Waals surface area contributed by atoms with Gasteiger partial charge < -0.3 is 15.0 Å². The molecule has 1 aromatic heterocycles. The molecule has 1 aliphatic carbocycles. The van der Waals surface area contributed by atoms with Crippen molar-refractivity contribution in [1.82, 2.24) is 15.2 Å². The summed E-state index contributed by atoms with van der Waals surface area (Å²) in [6.45, 7) is 3.15. The largest absolute Gasteiger partial charge is 0.375 e. The summed E-state index contributed by atoms with van der Waals surface area (Å²) in [6.07, 6.45) is 14.1. The van der Waals surface area contributed by atoms with Crippen LogP contribution >= 0.6 is 0 Å². The summed E-state index contributed by atoms with van der Waals surface area (Å²) in [5, 5.41) is 3.04. The lowest BCUT2D eigenvalue weighted by Gasteiger charge is -2.47. The number of nitrogens with one attached hydrogen (secondary N) is 1. The average molecular weight is 414 g/mol. The number of ether oxygens (including phenoxy) is 1. The normalized spacial score (nSPS) is 24.5. The predicted molar refractivity (Wildman–Crippen MR) is 115 cm³/mol. The second-order valence-corrected chi connectivity index (χ2v) is 9.33. The number of carbonyl (C=O) groups is 2. The van der Waals surface area contributed by atoms with Crippen LogP contribution in [0.1, 0.15) is 74.6 Å². The van der Waals surface area contributed by atoms with Gasteiger partial charge in [-0.25, -0.2) is 0 Å². The van der Waals surface area contributed by atoms with Crippen LogP contribution in [0.4, 0.5) is 0 Å². The third-order valence-electron chi connectivity index (χ3n) is 7.32. The Hall–Kier alpha value is -1.95. The highest BCUT2D eigenvalue weighted by Crippen LogP contribution is 2.39. The minimum Gasteiger partial charge on any atom is -0.375 e. The number of piperidine rings is 1. The van der Waals surface area contributed by atoms with E-state index < -0.39 is 0 Å². The van der Waals surface area contributed by atoms with E-state index in [0.717, 1.165) is 64.6 Å². The lowest BCUT2D eigenvalue weighted by Crippen LogP contribution is -2.52. The van der Waals surface area contributed by atoms with E-state index in [1.807, 2.05) is 0 Å². The first-order valence-electron chi connectivity index (χ1n) is 11.8. The van der Waals surface area contributed by atoms with E-state index in [2.05, 4.69) is 15.2 Å². The predicted octanol–water partition coefficient (Wildman–Crippen LogP) is 3.57. The standard InChI is InChI=1S/C24H35N3O3/c28-22(20-7-12-25-13-8-20)26-14-6-19-9-17-30-24(18-19)10-15-27(16-11-24)23(29)21-4-2-1-3-5-21/h7-8,12-13,19,21H,1-6,9-11,14-18H2,(H,26,28). The molecule has 3 aliphatic rings. The fourth-order valence-electron chi connectivity index (χ4n) is 5.46. The van der Waals surface area contributed by atoms with Gasteiger partial charge >= 0.3 is 0 Å². The fraction of sp³-hybridized carbons (Fsp3) is 0.708. The quantitative estimate of drug-likeness (QED) is 0.801. The smallest absolute Gasteiger partial charge is 0.251 e. The Morgan fingerprint density at radius 1 is 1.10 bits per heavy atom. The molecule has 0 bridgehead atoms. The maximum absolute atomic E-state index is 12.9. The number of hydrogen-bond donors (Lipinski definition) is 1. The van der Waals surface area contributed by atoms with Gasteiger partial charge in [0.05, 0.1) is 5.60 Å². The zero-order valence-corrected chi connectivity index (χ0v) is 18.0. The number of nitrogens with zero attached hydrogens (tertiary/aromatic N) is 2. The molecule has 4 rings (SSSR count). The number of hydrogen-bond acceptors (Lipinski definition) is 4. The Morgan fingerprint density at radius 2 is 1.83 bits per heavy atom. The molecule has 6 nitrogen and oxygen atoms in total. The molecule has 1 aromatic rings. The van der Waals surface area contributed by atoms with Crippen LogP contribution in [0.3, 0.4) is 0 Å². The van der Waals surface area contributed by atoms with Crippen LogP contribution < -0.4 is 5.32 Å². The van der Waals surface area contributed by atoms with Gasteiger partial charge in [-0.1, -0.05) is 19.3 Å². The van der Waals surface area contributed by atoms with Crippen LogP contribution in [0.25, 0.3) is 0 Å². The number of amides is 2. The van der Waals surface area contributed by atoms with E-state index >= 15 is 0 Å².